The van der Waals surface area contributed by atoms with E-state index in [4.69, 9.17) is 9.97 Å². The molecule has 52 heavy (non-hydrogen) atoms. The summed E-state index contributed by atoms with van der Waals surface area (Å²) >= 11 is 0. The van der Waals surface area contributed by atoms with Crippen LogP contribution in [0.1, 0.15) is 122 Å². The molecule has 4 aliphatic carbocycles. The Labute approximate surface area is 306 Å². The molecule has 0 saturated carbocycles. The quantitative estimate of drug-likeness (QED) is 0.195. The van der Waals surface area contributed by atoms with Crippen LogP contribution in [-0.4, -0.2) is 19.9 Å². The largest absolute Gasteiger partial charge is 0.354 e. The Kier molecular flexibility index (Phi) is 7.27. The first-order valence-electron chi connectivity index (χ1n) is 20.2. The van der Waals surface area contributed by atoms with Crippen molar-refractivity contribution < 1.29 is 0 Å². The molecule has 5 heterocycles. The Morgan fingerprint density at radius 1 is 0.385 bits per heavy atom. The van der Waals surface area contributed by atoms with Crippen molar-refractivity contribution in [3.8, 4) is 22.3 Å². The number of hydrogen-bond acceptors (Lipinski definition) is 2. The third-order valence-corrected chi connectivity index (χ3v) is 13.0. The maximum absolute atomic E-state index is 5.73. The monoisotopic (exact) mass is 678 g/mol. The standard InChI is InChI=1S/C48H46N4/c1-3-15-29(16-4-1)43-45-35-23-11-7-19-31(35)39(49-45)27-41-33-21-9-13-25-37(33)47(51-41)44(30-17-5-2-6-18-30)48-38-26-14-10-22-34(38)42(52-48)28-40-32-20-8-12-24-36(32)46(43)50-40/h1-6,15-18,27-28,49,52H,7-14,19-26H2. The normalized spacial score (nSPS) is 18.2. The van der Waals surface area contributed by atoms with E-state index in [0.29, 0.717) is 0 Å². The molecule has 2 aliphatic heterocycles. The summed E-state index contributed by atoms with van der Waals surface area (Å²) in [6.07, 6.45) is 18.7. The zero-order valence-electron chi connectivity index (χ0n) is 30.1. The lowest BCUT2D eigenvalue weighted by atomic mass is 9.85. The van der Waals surface area contributed by atoms with E-state index in [1.807, 2.05) is 0 Å². The molecule has 8 bridgehead atoms. The van der Waals surface area contributed by atoms with Crippen LogP contribution in [-0.2, 0) is 25.7 Å². The van der Waals surface area contributed by atoms with Crippen LogP contribution in [0.5, 0.6) is 0 Å². The van der Waals surface area contributed by atoms with Crippen molar-refractivity contribution in [1.29, 1.82) is 0 Å². The summed E-state index contributed by atoms with van der Waals surface area (Å²) in [5.41, 5.74) is 26.8. The fraction of sp³-hybridized carbons (Fsp3) is 0.333. The molecule has 0 saturated heterocycles. The number of nitrogens with zero attached hydrogens (tertiary/aromatic N) is 2. The van der Waals surface area contributed by atoms with Gasteiger partial charge in [-0.1, -0.05) is 60.7 Å². The van der Waals surface area contributed by atoms with E-state index in [-0.39, 0.29) is 0 Å². The number of allylic oxidation sites excluding steroid dienone is 4. The average molecular weight is 679 g/mol. The topological polar surface area (TPSA) is 57.4 Å². The number of aromatic nitrogens is 4. The van der Waals surface area contributed by atoms with E-state index in [0.717, 1.165) is 51.4 Å². The van der Waals surface area contributed by atoms with Gasteiger partial charge in [0.25, 0.3) is 0 Å². The van der Waals surface area contributed by atoms with Crippen LogP contribution >= 0.6 is 0 Å². The fourth-order valence-corrected chi connectivity index (χ4v) is 10.5. The minimum atomic E-state index is 1.09. The van der Waals surface area contributed by atoms with Gasteiger partial charge in [0, 0.05) is 22.2 Å². The molecule has 258 valence electrons. The molecule has 0 unspecified atom stereocenters. The van der Waals surface area contributed by atoms with E-state index >= 15 is 0 Å². The van der Waals surface area contributed by atoms with Gasteiger partial charge < -0.3 is 9.97 Å². The van der Waals surface area contributed by atoms with Crippen molar-refractivity contribution in [3.63, 3.8) is 0 Å². The number of aryl methyl sites for hydroxylation is 4. The first-order chi connectivity index (χ1) is 25.8. The van der Waals surface area contributed by atoms with Gasteiger partial charge >= 0.3 is 0 Å². The molecule has 2 N–H and O–H groups in total. The fourth-order valence-electron chi connectivity index (χ4n) is 10.5. The Morgan fingerprint density at radius 2 is 0.750 bits per heavy atom. The van der Waals surface area contributed by atoms with E-state index in [9.17, 15) is 0 Å². The van der Waals surface area contributed by atoms with Crippen LogP contribution in [0.4, 0.5) is 0 Å². The zero-order chi connectivity index (χ0) is 34.2. The van der Waals surface area contributed by atoms with Crippen LogP contribution in [0.25, 0.3) is 66.6 Å². The van der Waals surface area contributed by atoms with E-state index in [2.05, 4.69) is 82.8 Å². The average Bonchev–Trinajstić information content (AvgIpc) is 3.96. The lowest BCUT2D eigenvalue weighted by molar-refractivity contribution is 0.696. The molecule has 2 aromatic carbocycles. The maximum Gasteiger partial charge on any atom is 0.0771 e. The van der Waals surface area contributed by atoms with Crippen LogP contribution in [0.3, 0.4) is 0 Å². The first kappa shape index (κ1) is 30.6. The van der Waals surface area contributed by atoms with Crippen molar-refractivity contribution in [1.82, 2.24) is 19.9 Å². The molecule has 3 aromatic heterocycles. The van der Waals surface area contributed by atoms with E-state index < -0.39 is 0 Å². The summed E-state index contributed by atoms with van der Waals surface area (Å²) in [6, 6.07) is 27.2. The molecule has 0 radical (unpaired) electrons. The third-order valence-electron chi connectivity index (χ3n) is 13.0. The second-order valence-electron chi connectivity index (χ2n) is 15.9. The molecule has 4 heteroatoms. The Bertz CT molecular complexity index is 2330. The highest BCUT2D eigenvalue weighted by atomic mass is 14.8. The molecule has 0 fully saturated rings. The Hall–Kier alpha value is -4.96. The third kappa shape index (κ3) is 4.79. The summed E-state index contributed by atoms with van der Waals surface area (Å²) in [5.74, 6) is 0. The van der Waals surface area contributed by atoms with Crippen molar-refractivity contribution in [2.24, 2.45) is 0 Å². The number of hydrogen-bond donors (Lipinski definition) is 2. The van der Waals surface area contributed by atoms with Gasteiger partial charge in [0.15, 0.2) is 0 Å². The number of H-pyrrole nitrogens is 2. The number of nitrogens with one attached hydrogen (secondary N) is 2. The highest BCUT2D eigenvalue weighted by molar-refractivity contribution is 6.04. The molecular weight excluding hydrogens is 633 g/mol. The Balaban J connectivity index is 1.36. The minimum absolute atomic E-state index is 1.09. The molecule has 11 rings (SSSR count). The summed E-state index contributed by atoms with van der Waals surface area (Å²) in [4.78, 5) is 19.7. The summed E-state index contributed by atoms with van der Waals surface area (Å²) in [6.45, 7) is 0. The van der Waals surface area contributed by atoms with Crippen LogP contribution in [0.2, 0.25) is 0 Å². The lowest BCUT2D eigenvalue weighted by Crippen LogP contribution is -2.01. The minimum Gasteiger partial charge on any atom is -0.354 e. The van der Waals surface area contributed by atoms with Crippen molar-refractivity contribution >= 4 is 44.4 Å². The predicted molar refractivity (Wildman–Crippen MR) is 216 cm³/mol. The molecule has 0 spiro atoms. The van der Waals surface area contributed by atoms with Gasteiger partial charge in [0.2, 0.25) is 0 Å². The molecule has 4 nitrogen and oxygen atoms in total. The smallest absolute Gasteiger partial charge is 0.0771 e. The SMILES string of the molecule is c1ccc(-c2c3nc(cc4[nH]c(c5c4CCCC5)c(-c4ccccc4)c4nc(cc5[nH]c2c2c5CCCC2)C2=C4CCCC2)C2=C3CCCC2)cc1. The number of rotatable bonds is 2. The van der Waals surface area contributed by atoms with Crippen LogP contribution in [0.15, 0.2) is 72.8 Å². The molecule has 0 atom stereocenters. The maximum atomic E-state index is 5.73. The zero-order valence-corrected chi connectivity index (χ0v) is 30.1. The highest BCUT2D eigenvalue weighted by Gasteiger charge is 2.31. The second-order valence-corrected chi connectivity index (χ2v) is 15.9. The summed E-state index contributed by atoms with van der Waals surface area (Å²) in [5, 5.41) is 0. The summed E-state index contributed by atoms with van der Waals surface area (Å²) in [7, 11) is 0. The van der Waals surface area contributed by atoms with Gasteiger partial charge in [-0.15, -0.1) is 0 Å². The number of fused-ring (bicyclic) bond motifs is 18. The van der Waals surface area contributed by atoms with Crippen molar-refractivity contribution in [2.45, 2.75) is 103 Å². The van der Waals surface area contributed by atoms with Gasteiger partial charge in [-0.2, -0.15) is 0 Å². The molecule has 0 amide bonds. The second kappa shape index (κ2) is 12.3. The van der Waals surface area contributed by atoms with Crippen LogP contribution < -0.4 is 0 Å². The van der Waals surface area contributed by atoms with Gasteiger partial charge in [0.05, 0.1) is 33.8 Å². The van der Waals surface area contributed by atoms with Gasteiger partial charge in [-0.05, 0) is 171 Å². The molecule has 5 aromatic rings. The lowest BCUT2D eigenvalue weighted by Gasteiger charge is -2.17. The van der Waals surface area contributed by atoms with Crippen LogP contribution in [0, 0.1) is 0 Å². The van der Waals surface area contributed by atoms with E-state index in [1.165, 1.54) is 163 Å². The molecule has 6 aliphatic rings. The number of aromatic amines is 2. The van der Waals surface area contributed by atoms with Crippen molar-refractivity contribution in [3.05, 3.63) is 118 Å². The predicted octanol–water partition coefficient (Wildman–Crippen LogP) is 12.4. The Morgan fingerprint density at radius 3 is 1.17 bits per heavy atom. The first-order valence-corrected chi connectivity index (χ1v) is 20.2. The van der Waals surface area contributed by atoms with Gasteiger partial charge in [-0.3, -0.25) is 0 Å². The van der Waals surface area contributed by atoms with Crippen molar-refractivity contribution in [2.75, 3.05) is 0 Å². The van der Waals surface area contributed by atoms with Gasteiger partial charge in [-0.25, -0.2) is 9.97 Å². The summed E-state index contributed by atoms with van der Waals surface area (Å²) < 4.78 is 0. The number of benzene rings is 2. The van der Waals surface area contributed by atoms with E-state index in [1.54, 1.807) is 0 Å². The van der Waals surface area contributed by atoms with Gasteiger partial charge in [0.1, 0.15) is 0 Å². The molecular formula is C48H46N4. The highest BCUT2D eigenvalue weighted by Crippen LogP contribution is 2.49.